The van der Waals surface area contributed by atoms with Gasteiger partial charge in [0.1, 0.15) is 0 Å². The summed E-state index contributed by atoms with van der Waals surface area (Å²) in [6, 6.07) is 0.370. The molecule has 3 N–H and O–H groups in total. The average Bonchev–Trinajstić information content (AvgIpc) is 2.09. The molecule has 1 saturated carbocycles. The molecule has 0 bridgehead atoms. The predicted octanol–water partition coefficient (Wildman–Crippen LogP) is 0.654. The molecule has 1 fully saturated rings. The summed E-state index contributed by atoms with van der Waals surface area (Å²) in [6.45, 7) is 2.01. The molecular weight excluding hydrogens is 154 g/mol. The molecule has 3 heteroatoms. The van der Waals surface area contributed by atoms with Gasteiger partial charge in [0, 0.05) is 6.04 Å². The highest BCUT2D eigenvalue weighted by atomic mass is 16.5. The number of ether oxygens (including phenoxy) is 1. The van der Waals surface area contributed by atoms with E-state index in [1.54, 1.807) is 0 Å². The van der Waals surface area contributed by atoms with Gasteiger partial charge in [-0.2, -0.15) is 0 Å². The van der Waals surface area contributed by atoms with Crippen LogP contribution in [0.3, 0.4) is 0 Å². The van der Waals surface area contributed by atoms with Crippen LogP contribution in [0, 0.1) is 0 Å². The third kappa shape index (κ3) is 3.09. The normalized spacial score (nSPS) is 33.2. The molecule has 0 aromatic heterocycles. The molecule has 3 nitrogen and oxygen atoms in total. The maximum Gasteiger partial charge on any atom is 0.0781 e. The monoisotopic (exact) mass is 173 g/mol. The lowest BCUT2D eigenvalue weighted by Crippen LogP contribution is -2.32. The smallest absolute Gasteiger partial charge is 0.0781 e. The maximum absolute atomic E-state index is 8.77. The van der Waals surface area contributed by atoms with Crippen LogP contribution in [-0.2, 0) is 4.74 Å². The Morgan fingerprint density at radius 3 is 2.50 bits per heavy atom. The van der Waals surface area contributed by atoms with Gasteiger partial charge in [0.2, 0.25) is 0 Å². The molecule has 0 heterocycles. The molecule has 0 radical (unpaired) electrons. The summed E-state index contributed by atoms with van der Waals surface area (Å²) < 4.78 is 5.58. The molecular formula is C9H19NO2. The minimum Gasteiger partial charge on any atom is -0.394 e. The van der Waals surface area contributed by atoms with Gasteiger partial charge >= 0.3 is 0 Å². The van der Waals surface area contributed by atoms with Crippen molar-refractivity contribution >= 4 is 0 Å². The van der Waals surface area contributed by atoms with E-state index in [1.807, 2.05) is 6.92 Å². The molecule has 0 amide bonds. The molecule has 72 valence electrons. The van der Waals surface area contributed by atoms with E-state index in [1.165, 1.54) is 0 Å². The number of hydrogen-bond donors (Lipinski definition) is 2. The highest BCUT2D eigenvalue weighted by molar-refractivity contribution is 4.75. The van der Waals surface area contributed by atoms with Crippen molar-refractivity contribution in [3.63, 3.8) is 0 Å². The number of nitrogens with two attached hydrogens (primary N) is 1. The lowest BCUT2D eigenvalue weighted by Gasteiger charge is -2.28. The van der Waals surface area contributed by atoms with Gasteiger partial charge < -0.3 is 15.6 Å². The number of hydrogen-bond acceptors (Lipinski definition) is 3. The largest absolute Gasteiger partial charge is 0.394 e. The minimum absolute atomic E-state index is 0.0238. The molecule has 0 aliphatic heterocycles. The van der Waals surface area contributed by atoms with Gasteiger partial charge in [-0.1, -0.05) is 0 Å². The summed E-state index contributed by atoms with van der Waals surface area (Å²) in [5, 5.41) is 8.77. The molecule has 0 aromatic carbocycles. The van der Waals surface area contributed by atoms with E-state index in [9.17, 15) is 0 Å². The molecule has 0 saturated heterocycles. The SMILES string of the molecule is CC(CO)OC1CCC(N)CC1. The van der Waals surface area contributed by atoms with Crippen molar-refractivity contribution in [3.8, 4) is 0 Å². The van der Waals surface area contributed by atoms with Gasteiger partial charge in [-0.05, 0) is 32.6 Å². The summed E-state index contributed by atoms with van der Waals surface area (Å²) >= 11 is 0. The predicted molar refractivity (Wildman–Crippen MR) is 47.9 cm³/mol. The van der Waals surface area contributed by atoms with E-state index < -0.39 is 0 Å². The highest BCUT2D eigenvalue weighted by Crippen LogP contribution is 2.20. The van der Waals surface area contributed by atoms with E-state index in [-0.39, 0.29) is 12.7 Å². The second-order valence-electron chi connectivity index (χ2n) is 3.67. The average molecular weight is 173 g/mol. The molecule has 1 aliphatic rings. The van der Waals surface area contributed by atoms with Gasteiger partial charge in [0.05, 0.1) is 18.8 Å². The zero-order valence-electron chi connectivity index (χ0n) is 7.70. The van der Waals surface area contributed by atoms with E-state index >= 15 is 0 Å². The minimum atomic E-state index is -0.0238. The number of rotatable bonds is 3. The first-order valence-electron chi connectivity index (χ1n) is 4.74. The van der Waals surface area contributed by atoms with Crippen LogP contribution >= 0.6 is 0 Å². The molecule has 0 aromatic rings. The van der Waals surface area contributed by atoms with Crippen molar-refractivity contribution in [1.82, 2.24) is 0 Å². The van der Waals surface area contributed by atoms with Crippen LogP contribution in [0.2, 0.25) is 0 Å². The Balaban J connectivity index is 2.17. The molecule has 1 unspecified atom stereocenters. The lowest BCUT2D eigenvalue weighted by atomic mass is 9.93. The van der Waals surface area contributed by atoms with E-state index in [0.29, 0.717) is 12.1 Å². The first-order chi connectivity index (χ1) is 5.72. The zero-order valence-corrected chi connectivity index (χ0v) is 7.70. The van der Waals surface area contributed by atoms with E-state index in [0.717, 1.165) is 25.7 Å². The highest BCUT2D eigenvalue weighted by Gasteiger charge is 2.20. The Hall–Kier alpha value is -0.120. The fraction of sp³-hybridized carbons (Fsp3) is 1.00. The molecule has 1 rings (SSSR count). The van der Waals surface area contributed by atoms with Gasteiger partial charge in [-0.15, -0.1) is 0 Å². The fourth-order valence-electron chi connectivity index (χ4n) is 1.60. The molecule has 1 atom stereocenters. The van der Waals surface area contributed by atoms with Crippen LogP contribution in [0.15, 0.2) is 0 Å². The van der Waals surface area contributed by atoms with Crippen molar-refractivity contribution in [2.75, 3.05) is 6.61 Å². The van der Waals surface area contributed by atoms with Crippen LogP contribution in [0.1, 0.15) is 32.6 Å². The number of aliphatic hydroxyl groups excluding tert-OH is 1. The van der Waals surface area contributed by atoms with Crippen molar-refractivity contribution in [2.24, 2.45) is 5.73 Å². The topological polar surface area (TPSA) is 55.5 Å². The summed E-state index contributed by atoms with van der Waals surface area (Å²) in [4.78, 5) is 0. The van der Waals surface area contributed by atoms with Crippen LogP contribution in [0.5, 0.6) is 0 Å². The fourth-order valence-corrected chi connectivity index (χ4v) is 1.60. The Kier molecular flexibility index (Phi) is 3.98. The van der Waals surface area contributed by atoms with Gasteiger partial charge in [0.25, 0.3) is 0 Å². The summed E-state index contributed by atoms with van der Waals surface area (Å²) in [7, 11) is 0. The Bertz CT molecular complexity index is 122. The number of aliphatic hydroxyl groups is 1. The first kappa shape index (κ1) is 9.96. The zero-order chi connectivity index (χ0) is 8.97. The van der Waals surface area contributed by atoms with Gasteiger partial charge in [-0.25, -0.2) is 0 Å². The van der Waals surface area contributed by atoms with Crippen LogP contribution < -0.4 is 5.73 Å². The Morgan fingerprint density at radius 2 is 2.00 bits per heavy atom. The standard InChI is InChI=1S/C9H19NO2/c1-7(6-11)12-9-4-2-8(10)3-5-9/h7-9,11H,2-6,10H2,1H3. The van der Waals surface area contributed by atoms with Crippen molar-refractivity contribution < 1.29 is 9.84 Å². The Morgan fingerprint density at radius 1 is 1.42 bits per heavy atom. The quantitative estimate of drug-likeness (QED) is 0.659. The van der Waals surface area contributed by atoms with Crippen molar-refractivity contribution in [2.45, 2.75) is 50.9 Å². The van der Waals surface area contributed by atoms with E-state index in [2.05, 4.69) is 0 Å². The second-order valence-corrected chi connectivity index (χ2v) is 3.67. The Labute approximate surface area is 73.9 Å². The summed E-state index contributed by atoms with van der Waals surface area (Å²) in [5.74, 6) is 0. The van der Waals surface area contributed by atoms with Crippen LogP contribution in [0.25, 0.3) is 0 Å². The molecule has 1 aliphatic carbocycles. The summed E-state index contributed by atoms with van der Waals surface area (Å²) in [6.07, 6.45) is 4.51. The lowest BCUT2D eigenvalue weighted by molar-refractivity contribution is -0.0454. The van der Waals surface area contributed by atoms with Crippen LogP contribution in [-0.4, -0.2) is 30.0 Å². The van der Waals surface area contributed by atoms with Gasteiger partial charge in [-0.3, -0.25) is 0 Å². The third-order valence-electron chi connectivity index (χ3n) is 2.40. The maximum atomic E-state index is 8.77. The van der Waals surface area contributed by atoms with Crippen molar-refractivity contribution in [1.29, 1.82) is 0 Å². The third-order valence-corrected chi connectivity index (χ3v) is 2.40. The van der Waals surface area contributed by atoms with Crippen molar-refractivity contribution in [3.05, 3.63) is 0 Å². The molecule has 12 heavy (non-hydrogen) atoms. The first-order valence-corrected chi connectivity index (χ1v) is 4.74. The van der Waals surface area contributed by atoms with Gasteiger partial charge in [0.15, 0.2) is 0 Å². The van der Waals surface area contributed by atoms with Crippen LogP contribution in [0.4, 0.5) is 0 Å². The molecule has 0 spiro atoms. The van der Waals surface area contributed by atoms with E-state index in [4.69, 9.17) is 15.6 Å². The summed E-state index contributed by atoms with van der Waals surface area (Å²) in [5.41, 5.74) is 5.76. The second kappa shape index (κ2) is 4.80.